The van der Waals surface area contributed by atoms with Gasteiger partial charge in [0.05, 0.1) is 26.2 Å². The van der Waals surface area contributed by atoms with Gasteiger partial charge in [-0.15, -0.1) is 0 Å². The number of amides is 1. The van der Waals surface area contributed by atoms with Crippen molar-refractivity contribution in [3.05, 3.63) is 48.0 Å². The zero-order valence-electron chi connectivity index (χ0n) is 17.6. The number of carbonyl (C=O) groups is 1. The van der Waals surface area contributed by atoms with Gasteiger partial charge < -0.3 is 24.6 Å². The zero-order chi connectivity index (χ0) is 20.7. The SMILES string of the molecule is COc1ccc(N2CCN3c4cc(OC)ccc4C[C@@H](C(=O)NC4CC4)[C@H]3C2)cc1. The van der Waals surface area contributed by atoms with Gasteiger partial charge in [0.15, 0.2) is 0 Å². The first kappa shape index (κ1) is 19.1. The van der Waals surface area contributed by atoms with E-state index < -0.39 is 0 Å². The van der Waals surface area contributed by atoms with Crippen LogP contribution in [-0.4, -0.2) is 51.8 Å². The molecule has 1 saturated carbocycles. The van der Waals surface area contributed by atoms with Gasteiger partial charge in [0.2, 0.25) is 5.91 Å². The van der Waals surface area contributed by atoms with Crippen LogP contribution >= 0.6 is 0 Å². The summed E-state index contributed by atoms with van der Waals surface area (Å²) in [5.41, 5.74) is 3.62. The van der Waals surface area contributed by atoms with E-state index in [4.69, 9.17) is 9.47 Å². The highest BCUT2D eigenvalue weighted by Gasteiger charge is 2.42. The van der Waals surface area contributed by atoms with Crippen LogP contribution in [0.1, 0.15) is 18.4 Å². The van der Waals surface area contributed by atoms with E-state index in [1.165, 1.54) is 16.9 Å². The summed E-state index contributed by atoms with van der Waals surface area (Å²) in [4.78, 5) is 18.0. The number of carbonyl (C=O) groups excluding carboxylic acids is 1. The lowest BCUT2D eigenvalue weighted by Gasteiger charge is -2.49. The van der Waals surface area contributed by atoms with E-state index in [1.54, 1.807) is 14.2 Å². The Kier molecular flexibility index (Phi) is 4.93. The predicted molar refractivity (Wildman–Crippen MR) is 118 cm³/mol. The molecule has 6 heteroatoms. The number of benzene rings is 2. The first-order chi connectivity index (χ1) is 14.7. The fraction of sp³-hybridized carbons (Fsp3) is 0.458. The summed E-state index contributed by atoms with van der Waals surface area (Å²) in [6.45, 7) is 2.62. The lowest BCUT2D eigenvalue weighted by Crippen LogP contribution is -2.61. The normalized spacial score (nSPS) is 22.7. The highest BCUT2D eigenvalue weighted by atomic mass is 16.5. The smallest absolute Gasteiger partial charge is 0.225 e. The van der Waals surface area contributed by atoms with Crippen molar-refractivity contribution >= 4 is 17.3 Å². The van der Waals surface area contributed by atoms with Crippen molar-refractivity contribution in [1.82, 2.24) is 5.32 Å². The molecule has 1 amide bonds. The molecule has 6 nitrogen and oxygen atoms in total. The summed E-state index contributed by atoms with van der Waals surface area (Å²) in [6, 6.07) is 15.0. The van der Waals surface area contributed by atoms with Gasteiger partial charge in [0, 0.05) is 43.1 Å². The molecule has 2 aliphatic heterocycles. The highest BCUT2D eigenvalue weighted by Crippen LogP contribution is 2.39. The number of ether oxygens (including phenoxy) is 2. The van der Waals surface area contributed by atoms with Crippen LogP contribution in [-0.2, 0) is 11.2 Å². The van der Waals surface area contributed by atoms with Crippen LogP contribution < -0.4 is 24.6 Å². The van der Waals surface area contributed by atoms with Crippen molar-refractivity contribution in [3.63, 3.8) is 0 Å². The Hall–Kier alpha value is -2.89. The number of fused-ring (bicyclic) bond motifs is 3. The summed E-state index contributed by atoms with van der Waals surface area (Å²) < 4.78 is 10.8. The lowest BCUT2D eigenvalue weighted by molar-refractivity contribution is -0.126. The molecule has 30 heavy (non-hydrogen) atoms. The monoisotopic (exact) mass is 407 g/mol. The Morgan fingerprint density at radius 2 is 1.73 bits per heavy atom. The van der Waals surface area contributed by atoms with E-state index in [1.807, 2.05) is 18.2 Å². The highest BCUT2D eigenvalue weighted by molar-refractivity contribution is 5.83. The number of piperazine rings is 1. The van der Waals surface area contributed by atoms with Crippen LogP contribution in [0, 0.1) is 5.92 Å². The fourth-order valence-electron chi connectivity index (χ4n) is 4.77. The molecule has 0 aromatic heterocycles. The third-order valence-electron chi connectivity index (χ3n) is 6.62. The Morgan fingerprint density at radius 1 is 1.00 bits per heavy atom. The van der Waals surface area contributed by atoms with Crippen LogP contribution in [0.25, 0.3) is 0 Å². The van der Waals surface area contributed by atoms with Gasteiger partial charge in [-0.1, -0.05) is 6.07 Å². The topological polar surface area (TPSA) is 54.0 Å². The van der Waals surface area contributed by atoms with Gasteiger partial charge >= 0.3 is 0 Å². The van der Waals surface area contributed by atoms with Crippen LogP contribution in [0.4, 0.5) is 11.4 Å². The van der Waals surface area contributed by atoms with Crippen LogP contribution in [0.5, 0.6) is 11.5 Å². The number of rotatable bonds is 5. The van der Waals surface area contributed by atoms with Crippen molar-refractivity contribution in [2.75, 3.05) is 43.7 Å². The minimum absolute atomic E-state index is 0.0486. The van der Waals surface area contributed by atoms with E-state index in [2.05, 4.69) is 39.4 Å². The average molecular weight is 408 g/mol. The van der Waals surface area contributed by atoms with Gasteiger partial charge in [-0.2, -0.15) is 0 Å². The molecule has 2 heterocycles. The largest absolute Gasteiger partial charge is 0.497 e. The number of hydrogen-bond donors (Lipinski definition) is 1. The maximum absolute atomic E-state index is 13.2. The van der Waals surface area contributed by atoms with Gasteiger partial charge in [-0.25, -0.2) is 0 Å². The minimum Gasteiger partial charge on any atom is -0.497 e. The molecule has 158 valence electrons. The maximum Gasteiger partial charge on any atom is 0.225 e. The van der Waals surface area contributed by atoms with Gasteiger partial charge in [0.25, 0.3) is 0 Å². The zero-order valence-corrected chi connectivity index (χ0v) is 17.6. The Morgan fingerprint density at radius 3 is 2.43 bits per heavy atom. The van der Waals surface area contributed by atoms with E-state index in [0.29, 0.717) is 6.04 Å². The van der Waals surface area contributed by atoms with Gasteiger partial charge in [-0.3, -0.25) is 4.79 Å². The molecule has 1 N–H and O–H groups in total. The third-order valence-corrected chi connectivity index (χ3v) is 6.62. The van der Waals surface area contributed by atoms with Gasteiger partial charge in [-0.05, 0) is 55.2 Å². The number of hydrogen-bond acceptors (Lipinski definition) is 5. The van der Waals surface area contributed by atoms with Crippen molar-refractivity contribution < 1.29 is 14.3 Å². The van der Waals surface area contributed by atoms with Crippen molar-refractivity contribution in [2.45, 2.75) is 31.3 Å². The van der Waals surface area contributed by atoms with E-state index in [9.17, 15) is 4.79 Å². The molecule has 0 unspecified atom stereocenters. The summed E-state index contributed by atoms with van der Waals surface area (Å²) in [6.07, 6.45) is 2.99. The number of nitrogens with one attached hydrogen (secondary N) is 1. The lowest BCUT2D eigenvalue weighted by atomic mass is 9.83. The molecule has 0 spiro atoms. The molecule has 3 aliphatic rings. The summed E-state index contributed by atoms with van der Waals surface area (Å²) in [5.74, 6) is 1.88. The number of methoxy groups -OCH3 is 2. The van der Waals surface area contributed by atoms with E-state index in [-0.39, 0.29) is 17.9 Å². The first-order valence-electron chi connectivity index (χ1n) is 10.8. The van der Waals surface area contributed by atoms with Crippen LogP contribution in [0.3, 0.4) is 0 Å². The van der Waals surface area contributed by atoms with Gasteiger partial charge in [0.1, 0.15) is 11.5 Å². The molecule has 5 rings (SSSR count). The van der Waals surface area contributed by atoms with E-state index in [0.717, 1.165) is 50.4 Å². The summed E-state index contributed by atoms with van der Waals surface area (Å²) in [5, 5.41) is 3.25. The second-order valence-electron chi connectivity index (χ2n) is 8.49. The molecule has 1 aliphatic carbocycles. The maximum atomic E-state index is 13.2. The molecule has 0 bridgehead atoms. The third kappa shape index (κ3) is 3.55. The quantitative estimate of drug-likeness (QED) is 0.826. The molecular formula is C24H29N3O3. The molecular weight excluding hydrogens is 378 g/mol. The second kappa shape index (κ2) is 7.74. The molecule has 2 aromatic rings. The Balaban J connectivity index is 1.44. The number of anilines is 2. The summed E-state index contributed by atoms with van der Waals surface area (Å²) >= 11 is 0. The summed E-state index contributed by atoms with van der Waals surface area (Å²) in [7, 11) is 3.39. The van der Waals surface area contributed by atoms with Crippen LogP contribution in [0.15, 0.2) is 42.5 Å². The van der Waals surface area contributed by atoms with Crippen molar-refractivity contribution in [2.24, 2.45) is 5.92 Å². The fourth-order valence-corrected chi connectivity index (χ4v) is 4.77. The molecule has 2 aromatic carbocycles. The standard InChI is InChI=1S/C24H29N3O3/c1-29-19-9-6-18(7-10-19)26-11-12-27-22-14-20(30-2)8-3-16(22)13-21(23(27)15-26)24(28)25-17-4-5-17/h3,6-10,14,17,21,23H,4-5,11-13,15H2,1-2H3,(H,25,28)/t21-,23-/m1/s1. The van der Waals surface area contributed by atoms with Crippen molar-refractivity contribution in [1.29, 1.82) is 0 Å². The number of nitrogens with zero attached hydrogens (tertiary/aromatic N) is 2. The Labute approximate surface area is 177 Å². The molecule has 2 atom stereocenters. The minimum atomic E-state index is -0.0486. The first-order valence-corrected chi connectivity index (χ1v) is 10.8. The second-order valence-corrected chi connectivity index (χ2v) is 8.49. The van der Waals surface area contributed by atoms with Crippen molar-refractivity contribution in [3.8, 4) is 11.5 Å². The molecule has 0 radical (unpaired) electrons. The Bertz CT molecular complexity index is 926. The van der Waals surface area contributed by atoms with E-state index >= 15 is 0 Å². The molecule has 1 saturated heterocycles. The molecule has 2 fully saturated rings. The average Bonchev–Trinajstić information content (AvgIpc) is 3.61. The van der Waals surface area contributed by atoms with Crippen LogP contribution in [0.2, 0.25) is 0 Å². The predicted octanol–water partition coefficient (Wildman–Crippen LogP) is 2.85.